The fourth-order valence-corrected chi connectivity index (χ4v) is 3.99. The highest BCUT2D eigenvalue weighted by atomic mass is 32.1. The fraction of sp³-hybridized carbons (Fsp3) is 0.182. The van der Waals surface area contributed by atoms with E-state index in [1.54, 1.807) is 42.5 Å². The number of carbonyl (C=O) groups excluding carboxylic acids is 2. The molecule has 6 nitrogen and oxygen atoms in total. The number of benzene rings is 2. The van der Waals surface area contributed by atoms with Crippen molar-refractivity contribution in [1.29, 1.82) is 0 Å². The number of hydrogen-bond acceptors (Lipinski definition) is 5. The minimum Gasteiger partial charge on any atom is -0.508 e. The number of aromatic hydroxyl groups is 1. The van der Waals surface area contributed by atoms with Crippen molar-refractivity contribution < 1.29 is 14.7 Å². The van der Waals surface area contributed by atoms with E-state index in [-0.39, 0.29) is 17.6 Å². The molecular weight excluding hydrogens is 386 g/mol. The second kappa shape index (κ2) is 8.36. The van der Waals surface area contributed by atoms with Crippen molar-refractivity contribution in [2.24, 2.45) is 0 Å². The van der Waals surface area contributed by atoms with Crippen LogP contribution in [-0.2, 0) is 0 Å². The van der Waals surface area contributed by atoms with Gasteiger partial charge in [-0.05, 0) is 41.8 Å². The smallest absolute Gasteiger partial charge is 0.265 e. The van der Waals surface area contributed by atoms with Crippen molar-refractivity contribution in [3.8, 4) is 5.75 Å². The lowest BCUT2D eigenvalue weighted by Gasteiger charge is -2.36. The first-order valence-corrected chi connectivity index (χ1v) is 10.3. The summed E-state index contributed by atoms with van der Waals surface area (Å²) in [6.07, 6.45) is 0. The molecule has 0 spiro atoms. The third-order valence-electron chi connectivity index (χ3n) is 4.87. The Kier molecular flexibility index (Phi) is 5.48. The molecule has 0 saturated carbocycles. The average Bonchev–Trinajstić information content (AvgIpc) is 3.29. The van der Waals surface area contributed by atoms with Gasteiger partial charge in [0, 0.05) is 49.2 Å². The summed E-state index contributed by atoms with van der Waals surface area (Å²) >= 11 is 1.38. The standard InChI is InChI=1S/C22H21N3O3S/c26-19-7-2-6-18(15-19)24-9-11-25(12-10-24)22(28)16-4-1-5-17(14-16)23-21(27)20-8-3-13-29-20/h1-8,13-15,26H,9-12H2,(H,23,27). The molecule has 3 aromatic rings. The van der Waals surface area contributed by atoms with Gasteiger partial charge in [-0.1, -0.05) is 18.2 Å². The Morgan fingerprint density at radius 3 is 2.45 bits per heavy atom. The topological polar surface area (TPSA) is 72.9 Å². The number of rotatable bonds is 4. The lowest BCUT2D eigenvalue weighted by molar-refractivity contribution is 0.0746. The van der Waals surface area contributed by atoms with E-state index in [2.05, 4.69) is 10.2 Å². The van der Waals surface area contributed by atoms with Crippen LogP contribution < -0.4 is 10.2 Å². The number of phenols is 1. The average molecular weight is 407 g/mol. The van der Waals surface area contributed by atoms with E-state index in [9.17, 15) is 14.7 Å². The Morgan fingerprint density at radius 2 is 1.72 bits per heavy atom. The van der Waals surface area contributed by atoms with Gasteiger partial charge in [-0.15, -0.1) is 11.3 Å². The molecule has 2 N–H and O–H groups in total. The van der Waals surface area contributed by atoms with E-state index in [0.29, 0.717) is 42.3 Å². The van der Waals surface area contributed by atoms with Gasteiger partial charge in [0.15, 0.2) is 0 Å². The number of amides is 2. The summed E-state index contributed by atoms with van der Waals surface area (Å²) in [6.45, 7) is 2.59. The molecule has 0 unspecified atom stereocenters. The SMILES string of the molecule is O=C(Nc1cccc(C(=O)N2CCN(c3cccc(O)c3)CC2)c1)c1cccs1. The van der Waals surface area contributed by atoms with Crippen molar-refractivity contribution in [2.75, 3.05) is 36.4 Å². The molecule has 1 fully saturated rings. The third kappa shape index (κ3) is 4.41. The molecule has 2 aromatic carbocycles. The van der Waals surface area contributed by atoms with Gasteiger partial charge >= 0.3 is 0 Å². The molecule has 4 rings (SSSR count). The van der Waals surface area contributed by atoms with Crippen LogP contribution in [0.5, 0.6) is 5.75 Å². The van der Waals surface area contributed by atoms with Crippen LogP contribution in [0.1, 0.15) is 20.0 Å². The van der Waals surface area contributed by atoms with Gasteiger partial charge < -0.3 is 20.2 Å². The number of nitrogens with one attached hydrogen (secondary N) is 1. The normalized spacial score (nSPS) is 13.9. The molecule has 2 heterocycles. The molecule has 0 radical (unpaired) electrons. The van der Waals surface area contributed by atoms with Crippen LogP contribution in [0.2, 0.25) is 0 Å². The highest BCUT2D eigenvalue weighted by Gasteiger charge is 2.23. The molecule has 1 saturated heterocycles. The maximum absolute atomic E-state index is 12.9. The molecule has 0 atom stereocenters. The molecule has 0 aliphatic carbocycles. The number of nitrogens with zero attached hydrogens (tertiary/aromatic N) is 2. The highest BCUT2D eigenvalue weighted by Crippen LogP contribution is 2.22. The molecule has 148 valence electrons. The van der Waals surface area contributed by atoms with Crippen LogP contribution in [0.3, 0.4) is 0 Å². The Hall–Kier alpha value is -3.32. The zero-order valence-corrected chi connectivity index (χ0v) is 16.6. The predicted molar refractivity (Wildman–Crippen MR) is 115 cm³/mol. The van der Waals surface area contributed by atoms with Crippen molar-refractivity contribution >= 4 is 34.5 Å². The van der Waals surface area contributed by atoms with E-state index in [0.717, 1.165) is 5.69 Å². The third-order valence-corrected chi connectivity index (χ3v) is 5.74. The molecule has 7 heteroatoms. The summed E-state index contributed by atoms with van der Waals surface area (Å²) in [7, 11) is 0. The zero-order chi connectivity index (χ0) is 20.2. The van der Waals surface area contributed by atoms with Gasteiger partial charge in [0.2, 0.25) is 0 Å². The number of piperazine rings is 1. The van der Waals surface area contributed by atoms with E-state index in [1.165, 1.54) is 11.3 Å². The Bertz CT molecular complexity index is 1010. The van der Waals surface area contributed by atoms with Crippen LogP contribution in [0, 0.1) is 0 Å². The summed E-state index contributed by atoms with van der Waals surface area (Å²) in [4.78, 5) is 29.8. The zero-order valence-electron chi connectivity index (χ0n) is 15.7. The van der Waals surface area contributed by atoms with Gasteiger partial charge in [0.25, 0.3) is 11.8 Å². The first-order chi connectivity index (χ1) is 14.1. The van der Waals surface area contributed by atoms with Crippen molar-refractivity contribution in [3.63, 3.8) is 0 Å². The molecule has 1 aliphatic rings. The van der Waals surface area contributed by atoms with Crippen LogP contribution >= 0.6 is 11.3 Å². The fourth-order valence-electron chi connectivity index (χ4n) is 3.37. The second-order valence-electron chi connectivity index (χ2n) is 6.81. The molecule has 1 aliphatic heterocycles. The van der Waals surface area contributed by atoms with E-state index in [1.807, 2.05) is 28.5 Å². The van der Waals surface area contributed by atoms with E-state index < -0.39 is 0 Å². The Morgan fingerprint density at radius 1 is 0.931 bits per heavy atom. The van der Waals surface area contributed by atoms with Gasteiger partial charge in [0.05, 0.1) is 4.88 Å². The number of carbonyl (C=O) groups is 2. The first kappa shape index (κ1) is 19.0. The Balaban J connectivity index is 1.39. The second-order valence-corrected chi connectivity index (χ2v) is 7.76. The van der Waals surface area contributed by atoms with Crippen LogP contribution in [0.4, 0.5) is 11.4 Å². The summed E-state index contributed by atoms with van der Waals surface area (Å²) in [5.41, 5.74) is 2.11. The lowest BCUT2D eigenvalue weighted by atomic mass is 10.1. The lowest BCUT2D eigenvalue weighted by Crippen LogP contribution is -2.48. The van der Waals surface area contributed by atoms with E-state index >= 15 is 0 Å². The summed E-state index contributed by atoms with van der Waals surface area (Å²) in [5.74, 6) is 0.0134. The molecular formula is C22H21N3O3S. The summed E-state index contributed by atoms with van der Waals surface area (Å²) in [5, 5.41) is 14.4. The van der Waals surface area contributed by atoms with Gasteiger partial charge in [-0.2, -0.15) is 0 Å². The quantitative estimate of drug-likeness (QED) is 0.692. The molecule has 1 aromatic heterocycles. The summed E-state index contributed by atoms with van der Waals surface area (Å²) in [6, 6.07) is 17.8. The molecule has 2 amide bonds. The van der Waals surface area contributed by atoms with Crippen LogP contribution in [0.15, 0.2) is 66.0 Å². The Labute approximate surface area is 173 Å². The minimum atomic E-state index is -0.177. The van der Waals surface area contributed by atoms with Crippen LogP contribution in [-0.4, -0.2) is 48.0 Å². The predicted octanol–water partition coefficient (Wildman–Crippen LogP) is 3.67. The first-order valence-electron chi connectivity index (χ1n) is 9.38. The number of hydrogen-bond donors (Lipinski definition) is 2. The number of thiophene rings is 1. The van der Waals surface area contributed by atoms with Crippen molar-refractivity contribution in [2.45, 2.75) is 0 Å². The molecule has 0 bridgehead atoms. The van der Waals surface area contributed by atoms with E-state index in [4.69, 9.17) is 0 Å². The maximum Gasteiger partial charge on any atom is 0.265 e. The number of anilines is 2. The van der Waals surface area contributed by atoms with Crippen LogP contribution in [0.25, 0.3) is 0 Å². The maximum atomic E-state index is 12.9. The van der Waals surface area contributed by atoms with Gasteiger partial charge in [-0.25, -0.2) is 0 Å². The van der Waals surface area contributed by atoms with Gasteiger partial charge in [0.1, 0.15) is 5.75 Å². The van der Waals surface area contributed by atoms with Gasteiger partial charge in [-0.3, -0.25) is 9.59 Å². The number of phenolic OH excluding ortho intramolecular Hbond substituents is 1. The largest absolute Gasteiger partial charge is 0.508 e. The minimum absolute atomic E-state index is 0.0484. The summed E-state index contributed by atoms with van der Waals surface area (Å²) < 4.78 is 0. The molecule has 29 heavy (non-hydrogen) atoms. The van der Waals surface area contributed by atoms with Crippen molar-refractivity contribution in [3.05, 3.63) is 76.5 Å². The monoisotopic (exact) mass is 407 g/mol. The van der Waals surface area contributed by atoms with Crippen molar-refractivity contribution in [1.82, 2.24) is 4.90 Å². The highest BCUT2D eigenvalue weighted by molar-refractivity contribution is 7.12.